The molecule has 0 aliphatic rings. The molecule has 0 saturated heterocycles. The lowest BCUT2D eigenvalue weighted by Crippen LogP contribution is -2.15. The maximum Gasteiger partial charge on any atom is 0.237 e. The van der Waals surface area contributed by atoms with Gasteiger partial charge >= 0.3 is 0 Å². The molecular formula is C12H12N4OS. The van der Waals surface area contributed by atoms with Crippen molar-refractivity contribution in [3.63, 3.8) is 0 Å². The van der Waals surface area contributed by atoms with Gasteiger partial charge in [0.2, 0.25) is 11.9 Å². The molecule has 0 spiro atoms. The highest BCUT2D eigenvalue weighted by Crippen LogP contribution is 2.19. The van der Waals surface area contributed by atoms with E-state index in [4.69, 9.17) is 5.73 Å². The summed E-state index contributed by atoms with van der Waals surface area (Å²) in [5.41, 5.74) is 6.34. The number of carbonyl (C=O) groups is 1. The molecule has 1 aromatic heterocycles. The number of anilines is 2. The number of nitrogens with two attached hydrogens (primary N) is 1. The number of nitrogens with one attached hydrogen (secondary N) is 1. The smallest absolute Gasteiger partial charge is 0.237 e. The molecule has 0 aliphatic heterocycles. The van der Waals surface area contributed by atoms with Gasteiger partial charge in [-0.05, 0) is 24.3 Å². The Morgan fingerprint density at radius 1 is 1.28 bits per heavy atom. The molecule has 18 heavy (non-hydrogen) atoms. The number of aromatic nitrogens is 2. The molecule has 0 saturated carbocycles. The molecule has 3 N–H and O–H groups in total. The highest BCUT2D eigenvalue weighted by Gasteiger charge is 2.04. The van der Waals surface area contributed by atoms with Crippen LogP contribution in [-0.4, -0.2) is 21.6 Å². The standard InChI is InChI=1S/C12H12N4OS/c13-9-3-1-4-10(7-9)18-8-11(17)16-12-14-5-2-6-15-12/h1-7H,8,13H2,(H,14,15,16,17). The number of amides is 1. The predicted octanol–water partition coefficient (Wildman–Crippen LogP) is 1.79. The zero-order valence-electron chi connectivity index (χ0n) is 9.54. The third-order valence-electron chi connectivity index (χ3n) is 2.05. The molecular weight excluding hydrogens is 248 g/mol. The zero-order chi connectivity index (χ0) is 12.8. The van der Waals surface area contributed by atoms with Gasteiger partial charge in [-0.15, -0.1) is 11.8 Å². The van der Waals surface area contributed by atoms with E-state index in [0.29, 0.717) is 17.4 Å². The first-order valence-corrected chi connectivity index (χ1v) is 6.28. The molecule has 0 atom stereocenters. The molecule has 0 radical (unpaired) electrons. The molecule has 0 bridgehead atoms. The van der Waals surface area contributed by atoms with Crippen molar-refractivity contribution in [2.75, 3.05) is 16.8 Å². The second-order valence-corrected chi connectivity index (χ2v) is 4.53. The van der Waals surface area contributed by atoms with Crippen LogP contribution in [0.25, 0.3) is 0 Å². The van der Waals surface area contributed by atoms with Crippen LogP contribution >= 0.6 is 11.8 Å². The number of hydrogen-bond donors (Lipinski definition) is 2. The minimum absolute atomic E-state index is 0.145. The van der Waals surface area contributed by atoms with Gasteiger partial charge in [-0.2, -0.15) is 0 Å². The fourth-order valence-corrected chi connectivity index (χ4v) is 2.04. The third-order valence-corrected chi connectivity index (χ3v) is 3.04. The molecule has 5 nitrogen and oxygen atoms in total. The SMILES string of the molecule is Nc1cccc(SCC(=O)Nc2ncccn2)c1. The summed E-state index contributed by atoms with van der Waals surface area (Å²) in [6.45, 7) is 0. The Bertz CT molecular complexity index is 533. The van der Waals surface area contributed by atoms with Crippen LogP contribution in [0.4, 0.5) is 11.6 Å². The molecule has 0 unspecified atom stereocenters. The first-order valence-electron chi connectivity index (χ1n) is 5.29. The molecule has 92 valence electrons. The van der Waals surface area contributed by atoms with E-state index in [1.54, 1.807) is 18.5 Å². The normalized spacial score (nSPS) is 10.0. The van der Waals surface area contributed by atoms with E-state index in [-0.39, 0.29) is 5.91 Å². The van der Waals surface area contributed by atoms with Gasteiger partial charge in [0.1, 0.15) is 0 Å². The van der Waals surface area contributed by atoms with Crippen molar-refractivity contribution in [1.82, 2.24) is 9.97 Å². The fourth-order valence-electron chi connectivity index (χ4n) is 1.28. The van der Waals surface area contributed by atoms with E-state index < -0.39 is 0 Å². The van der Waals surface area contributed by atoms with Gasteiger partial charge in [0.25, 0.3) is 0 Å². The Morgan fingerprint density at radius 3 is 2.78 bits per heavy atom. The summed E-state index contributed by atoms with van der Waals surface area (Å²) >= 11 is 1.41. The highest BCUT2D eigenvalue weighted by atomic mass is 32.2. The molecule has 1 aromatic carbocycles. The van der Waals surface area contributed by atoms with Crippen LogP contribution in [-0.2, 0) is 4.79 Å². The van der Waals surface area contributed by atoms with E-state index in [1.807, 2.05) is 24.3 Å². The largest absolute Gasteiger partial charge is 0.399 e. The topological polar surface area (TPSA) is 80.9 Å². The molecule has 1 amide bonds. The summed E-state index contributed by atoms with van der Waals surface area (Å²) in [7, 11) is 0. The summed E-state index contributed by atoms with van der Waals surface area (Å²) in [6, 6.07) is 9.10. The van der Waals surface area contributed by atoms with Crippen LogP contribution in [0.1, 0.15) is 0 Å². The van der Waals surface area contributed by atoms with Crippen molar-refractivity contribution in [1.29, 1.82) is 0 Å². The van der Waals surface area contributed by atoms with Gasteiger partial charge in [-0.3, -0.25) is 10.1 Å². The predicted molar refractivity (Wildman–Crippen MR) is 72.2 cm³/mol. The average Bonchev–Trinajstić information content (AvgIpc) is 2.38. The highest BCUT2D eigenvalue weighted by molar-refractivity contribution is 8.00. The quantitative estimate of drug-likeness (QED) is 0.647. The Morgan fingerprint density at radius 2 is 2.06 bits per heavy atom. The van der Waals surface area contributed by atoms with Crippen LogP contribution in [0.5, 0.6) is 0 Å². The zero-order valence-corrected chi connectivity index (χ0v) is 10.4. The van der Waals surface area contributed by atoms with Crippen molar-refractivity contribution in [3.05, 3.63) is 42.7 Å². The summed E-state index contributed by atoms with van der Waals surface area (Å²) < 4.78 is 0. The van der Waals surface area contributed by atoms with Crippen LogP contribution in [0.2, 0.25) is 0 Å². The average molecular weight is 260 g/mol. The number of carbonyl (C=O) groups excluding carboxylic acids is 1. The maximum atomic E-state index is 11.6. The molecule has 2 rings (SSSR count). The number of hydrogen-bond acceptors (Lipinski definition) is 5. The van der Waals surface area contributed by atoms with E-state index in [1.165, 1.54) is 11.8 Å². The Kier molecular flexibility index (Phi) is 4.14. The van der Waals surface area contributed by atoms with Crippen LogP contribution in [0.3, 0.4) is 0 Å². The van der Waals surface area contributed by atoms with E-state index in [9.17, 15) is 4.79 Å². The van der Waals surface area contributed by atoms with Crippen molar-refractivity contribution in [2.24, 2.45) is 0 Å². The summed E-state index contributed by atoms with van der Waals surface area (Å²) in [5.74, 6) is 0.464. The number of nitrogen functional groups attached to an aromatic ring is 1. The minimum Gasteiger partial charge on any atom is -0.399 e. The summed E-state index contributed by atoms with van der Waals surface area (Å²) in [5, 5.41) is 2.61. The molecule has 1 heterocycles. The van der Waals surface area contributed by atoms with Crippen molar-refractivity contribution >= 4 is 29.3 Å². The summed E-state index contributed by atoms with van der Waals surface area (Å²) in [4.78, 5) is 20.4. The van der Waals surface area contributed by atoms with Crippen LogP contribution in [0, 0.1) is 0 Å². The van der Waals surface area contributed by atoms with Gasteiger partial charge in [-0.25, -0.2) is 9.97 Å². The second kappa shape index (κ2) is 6.02. The first-order chi connectivity index (χ1) is 8.74. The lowest BCUT2D eigenvalue weighted by Gasteiger charge is -2.03. The summed E-state index contributed by atoms with van der Waals surface area (Å²) in [6.07, 6.45) is 3.15. The maximum absolute atomic E-state index is 11.6. The lowest BCUT2D eigenvalue weighted by molar-refractivity contribution is -0.113. The molecule has 2 aromatic rings. The number of nitrogens with zero attached hydrogens (tertiary/aromatic N) is 2. The minimum atomic E-state index is -0.145. The Hall–Kier alpha value is -2.08. The first kappa shape index (κ1) is 12.4. The lowest BCUT2D eigenvalue weighted by atomic mass is 10.3. The Labute approximate surface area is 109 Å². The van der Waals surface area contributed by atoms with E-state index in [2.05, 4.69) is 15.3 Å². The number of thioether (sulfide) groups is 1. The van der Waals surface area contributed by atoms with Gasteiger partial charge in [0.05, 0.1) is 5.75 Å². The van der Waals surface area contributed by atoms with Crippen molar-refractivity contribution in [3.8, 4) is 0 Å². The van der Waals surface area contributed by atoms with Crippen molar-refractivity contribution in [2.45, 2.75) is 4.90 Å². The third kappa shape index (κ3) is 3.74. The Balaban J connectivity index is 1.85. The van der Waals surface area contributed by atoms with E-state index in [0.717, 1.165) is 4.90 Å². The van der Waals surface area contributed by atoms with Crippen molar-refractivity contribution < 1.29 is 4.79 Å². The number of benzene rings is 1. The van der Waals surface area contributed by atoms with E-state index >= 15 is 0 Å². The van der Waals surface area contributed by atoms with Crippen LogP contribution < -0.4 is 11.1 Å². The monoisotopic (exact) mass is 260 g/mol. The second-order valence-electron chi connectivity index (χ2n) is 3.48. The van der Waals surface area contributed by atoms with Gasteiger partial charge in [-0.1, -0.05) is 6.07 Å². The molecule has 0 fully saturated rings. The van der Waals surface area contributed by atoms with Crippen LogP contribution in [0.15, 0.2) is 47.6 Å². The fraction of sp³-hybridized carbons (Fsp3) is 0.0833. The van der Waals surface area contributed by atoms with Gasteiger partial charge in [0, 0.05) is 23.0 Å². The molecule has 0 aliphatic carbocycles. The number of rotatable bonds is 4. The molecule has 6 heteroatoms. The van der Waals surface area contributed by atoms with Gasteiger partial charge in [0.15, 0.2) is 0 Å². The van der Waals surface area contributed by atoms with Gasteiger partial charge < -0.3 is 5.73 Å².